The number of aliphatic hydroxyl groups excluding tert-OH is 2. The second kappa shape index (κ2) is 10.4. The van der Waals surface area contributed by atoms with Gasteiger partial charge in [-0.1, -0.05) is 36.4 Å². The third-order valence-corrected chi connectivity index (χ3v) is 6.54. The smallest absolute Gasteiger partial charge is 0.390 e. The van der Waals surface area contributed by atoms with Gasteiger partial charge in [0.15, 0.2) is 0 Å². The normalized spacial score (nSPS) is 19.8. The molecule has 2 atom stereocenters. The highest BCUT2D eigenvalue weighted by atomic mass is 19.4. The molecule has 2 aliphatic rings. The lowest BCUT2D eigenvalue weighted by atomic mass is 9.96. The van der Waals surface area contributed by atoms with Crippen LogP contribution in [-0.4, -0.2) is 66.7 Å². The van der Waals surface area contributed by atoms with Crippen molar-refractivity contribution in [2.75, 3.05) is 39.3 Å². The molecule has 0 amide bonds. The molecule has 2 aromatic rings. The van der Waals surface area contributed by atoms with Gasteiger partial charge in [0.2, 0.25) is 0 Å². The number of piperidine rings is 1. The van der Waals surface area contributed by atoms with E-state index in [-0.39, 0.29) is 13.2 Å². The fourth-order valence-corrected chi connectivity index (χ4v) is 4.71. The van der Waals surface area contributed by atoms with E-state index in [0.717, 1.165) is 41.6 Å². The molecular weight excluding hydrogens is 433 g/mol. The maximum atomic E-state index is 12.4. The van der Waals surface area contributed by atoms with Crippen molar-refractivity contribution in [3.05, 3.63) is 53.6 Å². The van der Waals surface area contributed by atoms with Crippen molar-refractivity contribution in [3.8, 4) is 16.9 Å². The highest BCUT2D eigenvalue weighted by Gasteiger charge is 2.30. The monoisotopic (exact) mass is 464 g/mol. The van der Waals surface area contributed by atoms with Crippen molar-refractivity contribution in [2.24, 2.45) is 5.92 Å². The summed E-state index contributed by atoms with van der Waals surface area (Å²) in [5, 5.41) is 24.2. The number of halogens is 3. The fraction of sp³-hybridized carbons (Fsp3) is 0.520. The summed E-state index contributed by atoms with van der Waals surface area (Å²) in [6.07, 6.45) is -4.51. The van der Waals surface area contributed by atoms with Crippen LogP contribution < -0.4 is 10.1 Å². The maximum absolute atomic E-state index is 12.4. The van der Waals surface area contributed by atoms with Crippen LogP contribution in [0.5, 0.6) is 5.75 Å². The Balaban J connectivity index is 1.20. The van der Waals surface area contributed by atoms with Crippen molar-refractivity contribution in [1.29, 1.82) is 0 Å². The predicted octanol–water partition coefficient (Wildman–Crippen LogP) is 3.74. The summed E-state index contributed by atoms with van der Waals surface area (Å²) in [5.41, 5.74) is 3.49. The predicted molar refractivity (Wildman–Crippen MR) is 120 cm³/mol. The molecule has 1 saturated heterocycles. The molecule has 1 aliphatic carbocycles. The number of nitrogens with zero attached hydrogens (tertiary/aromatic N) is 1. The summed E-state index contributed by atoms with van der Waals surface area (Å²) < 4.78 is 43.0. The summed E-state index contributed by atoms with van der Waals surface area (Å²) in [6, 6.07) is 13.3. The topological polar surface area (TPSA) is 65.0 Å². The molecule has 1 aliphatic heterocycles. The van der Waals surface area contributed by atoms with Gasteiger partial charge < -0.3 is 25.2 Å². The molecule has 0 radical (unpaired) electrons. The minimum atomic E-state index is -4.10. The van der Waals surface area contributed by atoms with Gasteiger partial charge in [-0.2, -0.15) is 13.2 Å². The van der Waals surface area contributed by atoms with E-state index in [0.29, 0.717) is 31.3 Å². The van der Waals surface area contributed by atoms with Gasteiger partial charge in [0.05, 0.1) is 6.42 Å². The number of hydrogen-bond donors (Lipinski definition) is 3. The van der Waals surface area contributed by atoms with E-state index < -0.39 is 24.8 Å². The molecule has 1 fully saturated rings. The average Bonchev–Trinajstić information content (AvgIpc) is 3.10. The number of alkyl halides is 3. The summed E-state index contributed by atoms with van der Waals surface area (Å²) >= 11 is 0. The first-order valence-corrected chi connectivity index (χ1v) is 11.5. The number of fused-ring (bicyclic) bond motifs is 3. The lowest BCUT2D eigenvalue weighted by Crippen LogP contribution is -2.40. The van der Waals surface area contributed by atoms with E-state index in [1.165, 1.54) is 0 Å². The van der Waals surface area contributed by atoms with E-state index in [1.807, 2.05) is 47.4 Å². The number of aliphatic hydroxyl groups is 2. The summed E-state index contributed by atoms with van der Waals surface area (Å²) in [4.78, 5) is 1.88. The van der Waals surface area contributed by atoms with Gasteiger partial charge in [0, 0.05) is 18.7 Å². The highest BCUT2D eigenvalue weighted by molar-refractivity contribution is 5.82. The van der Waals surface area contributed by atoms with Crippen molar-refractivity contribution >= 4 is 0 Å². The Hall–Kier alpha value is -2.13. The first kappa shape index (κ1) is 24.0. The second-order valence-electron chi connectivity index (χ2n) is 8.98. The van der Waals surface area contributed by atoms with E-state index in [9.17, 15) is 23.4 Å². The molecule has 0 saturated carbocycles. The molecule has 3 N–H and O–H groups in total. The van der Waals surface area contributed by atoms with Crippen LogP contribution in [0.4, 0.5) is 13.2 Å². The average molecular weight is 465 g/mol. The van der Waals surface area contributed by atoms with E-state index >= 15 is 0 Å². The summed E-state index contributed by atoms with van der Waals surface area (Å²) in [5.74, 6) is 1.04. The number of nitrogens with one attached hydrogen (secondary N) is 1. The molecule has 180 valence electrons. The fourth-order valence-electron chi connectivity index (χ4n) is 4.71. The molecule has 2 unspecified atom stereocenters. The first-order valence-electron chi connectivity index (χ1n) is 11.5. The van der Waals surface area contributed by atoms with Gasteiger partial charge >= 0.3 is 6.18 Å². The Morgan fingerprint density at radius 2 is 1.79 bits per heavy atom. The maximum Gasteiger partial charge on any atom is 0.390 e. The largest absolute Gasteiger partial charge is 0.490 e. The molecule has 33 heavy (non-hydrogen) atoms. The van der Waals surface area contributed by atoms with E-state index in [2.05, 4.69) is 5.32 Å². The van der Waals surface area contributed by atoms with Crippen LogP contribution in [0.3, 0.4) is 0 Å². The Bertz CT molecular complexity index is 929. The zero-order chi connectivity index (χ0) is 23.4. The molecule has 0 aromatic heterocycles. The SMILES string of the molecule is OC(CNCC1CCN(CCC(F)(F)F)CC1)COc1cccc2c1-c1ccccc1C2O. The van der Waals surface area contributed by atoms with Gasteiger partial charge in [-0.15, -0.1) is 0 Å². The summed E-state index contributed by atoms with van der Waals surface area (Å²) in [7, 11) is 0. The Morgan fingerprint density at radius 3 is 2.55 bits per heavy atom. The molecule has 0 spiro atoms. The first-order chi connectivity index (χ1) is 15.8. The van der Waals surface area contributed by atoms with Crippen molar-refractivity contribution in [2.45, 2.75) is 37.6 Å². The van der Waals surface area contributed by atoms with Crippen molar-refractivity contribution in [3.63, 3.8) is 0 Å². The molecule has 8 heteroatoms. The van der Waals surface area contributed by atoms with Gasteiger partial charge in [0.25, 0.3) is 0 Å². The van der Waals surface area contributed by atoms with Gasteiger partial charge in [-0.25, -0.2) is 0 Å². The second-order valence-corrected chi connectivity index (χ2v) is 8.98. The summed E-state index contributed by atoms with van der Waals surface area (Å²) in [6.45, 7) is 2.66. The van der Waals surface area contributed by atoms with Gasteiger partial charge in [-0.3, -0.25) is 0 Å². The molecule has 4 rings (SSSR count). The number of ether oxygens (including phenoxy) is 1. The van der Waals surface area contributed by atoms with Crippen molar-refractivity contribution in [1.82, 2.24) is 10.2 Å². The van der Waals surface area contributed by atoms with Gasteiger partial charge in [0.1, 0.15) is 24.6 Å². The Morgan fingerprint density at radius 1 is 1.06 bits per heavy atom. The van der Waals surface area contributed by atoms with Crippen LogP contribution in [-0.2, 0) is 0 Å². The minimum absolute atomic E-state index is 0.0738. The van der Waals surface area contributed by atoms with Crippen LogP contribution in [0.1, 0.15) is 36.5 Å². The lowest BCUT2D eigenvalue weighted by molar-refractivity contribution is -0.138. The van der Waals surface area contributed by atoms with Gasteiger partial charge in [-0.05, 0) is 61.2 Å². The number of rotatable bonds is 9. The lowest BCUT2D eigenvalue weighted by Gasteiger charge is -2.32. The van der Waals surface area contributed by atoms with E-state index in [4.69, 9.17) is 4.74 Å². The van der Waals surface area contributed by atoms with Crippen LogP contribution in [0.2, 0.25) is 0 Å². The zero-order valence-electron chi connectivity index (χ0n) is 18.5. The quantitative estimate of drug-likeness (QED) is 0.528. The van der Waals surface area contributed by atoms with Crippen LogP contribution in [0.25, 0.3) is 11.1 Å². The highest BCUT2D eigenvalue weighted by Crippen LogP contribution is 2.47. The standard InChI is InChI=1S/C25H31F3N2O3/c26-25(27,28)10-13-30-11-8-17(9-12-30)14-29-15-18(31)16-33-22-7-3-6-21-23(22)19-4-1-2-5-20(19)24(21)32/h1-7,17-18,24,29,31-32H,8-16H2. The van der Waals surface area contributed by atoms with Crippen LogP contribution in [0, 0.1) is 5.92 Å². The Labute approximate surface area is 192 Å². The molecule has 0 bridgehead atoms. The van der Waals surface area contributed by atoms with Crippen LogP contribution in [0.15, 0.2) is 42.5 Å². The van der Waals surface area contributed by atoms with E-state index in [1.54, 1.807) is 0 Å². The molecular formula is C25H31F3N2O3. The minimum Gasteiger partial charge on any atom is -0.490 e. The van der Waals surface area contributed by atoms with Crippen LogP contribution >= 0.6 is 0 Å². The van der Waals surface area contributed by atoms with Crippen molar-refractivity contribution < 1.29 is 28.1 Å². The number of hydrogen-bond acceptors (Lipinski definition) is 5. The molecule has 5 nitrogen and oxygen atoms in total. The number of likely N-dealkylation sites (tertiary alicyclic amines) is 1. The molecule has 1 heterocycles. The molecule has 2 aromatic carbocycles. The third-order valence-electron chi connectivity index (χ3n) is 6.54. The zero-order valence-corrected chi connectivity index (χ0v) is 18.5. The number of benzene rings is 2. The third kappa shape index (κ3) is 6.06. The Kier molecular flexibility index (Phi) is 7.58.